The summed E-state index contributed by atoms with van der Waals surface area (Å²) in [6.45, 7) is -0.0532. The summed E-state index contributed by atoms with van der Waals surface area (Å²) in [6.07, 6.45) is -2.85. The zero-order valence-corrected chi connectivity index (χ0v) is 14.0. The van der Waals surface area contributed by atoms with Crippen molar-refractivity contribution in [3.63, 3.8) is 0 Å². The zero-order valence-electron chi connectivity index (χ0n) is 14.0. The lowest BCUT2D eigenvalue weighted by Gasteiger charge is -2.25. The largest absolute Gasteiger partial charge is 0.491 e. The van der Waals surface area contributed by atoms with E-state index in [0.717, 1.165) is 31.4 Å². The van der Waals surface area contributed by atoms with Gasteiger partial charge >= 0.3 is 6.18 Å². The van der Waals surface area contributed by atoms with Gasteiger partial charge in [-0.3, -0.25) is 4.79 Å². The Morgan fingerprint density at radius 2 is 2.00 bits per heavy atom. The minimum Gasteiger partial charge on any atom is -0.491 e. The van der Waals surface area contributed by atoms with E-state index in [0.29, 0.717) is 0 Å². The summed E-state index contributed by atoms with van der Waals surface area (Å²) in [4.78, 5) is 13.7. The number of ether oxygens (including phenoxy) is 1. The van der Waals surface area contributed by atoms with Crippen LogP contribution in [0.15, 0.2) is 24.3 Å². The van der Waals surface area contributed by atoms with Gasteiger partial charge in [0.25, 0.3) is 0 Å². The predicted octanol–water partition coefficient (Wildman–Crippen LogP) is 2.03. The van der Waals surface area contributed by atoms with Gasteiger partial charge < -0.3 is 20.5 Å². The van der Waals surface area contributed by atoms with E-state index in [1.165, 1.54) is 17.0 Å². The van der Waals surface area contributed by atoms with Crippen LogP contribution in [0.1, 0.15) is 24.8 Å². The molecule has 1 aromatic rings. The number of carbonyl (C=O) groups is 1. The van der Waals surface area contributed by atoms with Crippen molar-refractivity contribution in [1.82, 2.24) is 4.90 Å². The van der Waals surface area contributed by atoms with Gasteiger partial charge in [0, 0.05) is 19.6 Å². The minimum atomic E-state index is -4.40. The lowest BCUT2D eigenvalue weighted by molar-refractivity contribution is -0.137. The Morgan fingerprint density at radius 3 is 2.52 bits per heavy atom. The molecule has 1 aliphatic carbocycles. The molecule has 0 saturated heterocycles. The van der Waals surface area contributed by atoms with Crippen LogP contribution in [0.5, 0.6) is 5.75 Å². The van der Waals surface area contributed by atoms with E-state index < -0.39 is 17.8 Å². The summed E-state index contributed by atoms with van der Waals surface area (Å²) in [5.74, 6) is -0.0922. The Morgan fingerprint density at radius 1 is 1.36 bits per heavy atom. The highest BCUT2D eigenvalue weighted by atomic mass is 19.4. The van der Waals surface area contributed by atoms with E-state index in [1.54, 1.807) is 7.05 Å². The molecule has 3 atom stereocenters. The molecule has 1 aromatic carbocycles. The molecule has 0 spiro atoms. The van der Waals surface area contributed by atoms with Gasteiger partial charge in [0.1, 0.15) is 18.5 Å². The summed E-state index contributed by atoms with van der Waals surface area (Å²) in [7, 11) is 1.59. The number of likely N-dealkylation sites (N-methyl/N-ethyl adjacent to an activating group) is 1. The molecule has 0 unspecified atom stereocenters. The first-order valence-corrected chi connectivity index (χ1v) is 8.17. The second kappa shape index (κ2) is 8.05. The van der Waals surface area contributed by atoms with Crippen molar-refractivity contribution in [2.75, 3.05) is 20.2 Å². The fourth-order valence-corrected chi connectivity index (χ4v) is 2.97. The van der Waals surface area contributed by atoms with Crippen LogP contribution in [-0.4, -0.2) is 48.3 Å². The van der Waals surface area contributed by atoms with Crippen molar-refractivity contribution >= 4 is 5.91 Å². The van der Waals surface area contributed by atoms with Crippen molar-refractivity contribution in [2.45, 2.75) is 37.6 Å². The molecule has 1 saturated carbocycles. The molecule has 2 rings (SSSR count). The maximum atomic E-state index is 12.5. The Hall–Kier alpha value is -1.80. The van der Waals surface area contributed by atoms with Gasteiger partial charge in [-0.15, -0.1) is 0 Å². The quantitative estimate of drug-likeness (QED) is 0.814. The van der Waals surface area contributed by atoms with Crippen molar-refractivity contribution in [2.24, 2.45) is 11.7 Å². The monoisotopic (exact) mass is 360 g/mol. The number of rotatable bonds is 6. The van der Waals surface area contributed by atoms with Crippen LogP contribution >= 0.6 is 0 Å². The lowest BCUT2D eigenvalue weighted by atomic mass is 10.0. The molecule has 3 N–H and O–H groups in total. The van der Waals surface area contributed by atoms with Gasteiger partial charge in [0.05, 0.1) is 11.5 Å². The molecular formula is C17H23F3N2O3. The fraction of sp³-hybridized carbons (Fsp3) is 0.588. The molecule has 25 heavy (non-hydrogen) atoms. The van der Waals surface area contributed by atoms with Crippen molar-refractivity contribution in [3.8, 4) is 5.75 Å². The van der Waals surface area contributed by atoms with E-state index >= 15 is 0 Å². The fourth-order valence-electron chi connectivity index (χ4n) is 2.97. The smallest absolute Gasteiger partial charge is 0.416 e. The molecule has 0 radical (unpaired) electrons. The summed E-state index contributed by atoms with van der Waals surface area (Å²) < 4.78 is 42.7. The van der Waals surface area contributed by atoms with E-state index in [4.69, 9.17) is 10.5 Å². The highest BCUT2D eigenvalue weighted by Gasteiger charge is 2.33. The first kappa shape index (κ1) is 19.5. The normalized spacial score (nSPS) is 21.8. The first-order valence-electron chi connectivity index (χ1n) is 8.17. The van der Waals surface area contributed by atoms with Gasteiger partial charge in [-0.25, -0.2) is 0 Å². The summed E-state index contributed by atoms with van der Waals surface area (Å²) >= 11 is 0. The summed E-state index contributed by atoms with van der Waals surface area (Å²) in [5, 5.41) is 9.99. The van der Waals surface area contributed by atoms with Crippen LogP contribution in [0.3, 0.4) is 0 Å². The molecule has 0 aromatic heterocycles. The molecule has 0 heterocycles. The average Bonchev–Trinajstić information content (AvgIpc) is 2.97. The Bertz CT molecular complexity index is 577. The van der Waals surface area contributed by atoms with Crippen LogP contribution in [0.4, 0.5) is 13.2 Å². The lowest BCUT2D eigenvalue weighted by Crippen LogP contribution is -2.43. The number of alkyl halides is 3. The van der Waals surface area contributed by atoms with E-state index in [9.17, 15) is 23.1 Å². The number of hydrogen-bond acceptors (Lipinski definition) is 4. The van der Waals surface area contributed by atoms with Crippen LogP contribution in [0.25, 0.3) is 0 Å². The van der Waals surface area contributed by atoms with Gasteiger partial charge in [-0.1, -0.05) is 6.42 Å². The topological polar surface area (TPSA) is 75.8 Å². The second-order valence-corrected chi connectivity index (χ2v) is 6.41. The van der Waals surface area contributed by atoms with Crippen LogP contribution in [-0.2, 0) is 11.0 Å². The highest BCUT2D eigenvalue weighted by Crippen LogP contribution is 2.30. The number of nitrogens with two attached hydrogens (primary N) is 1. The number of aliphatic hydroxyl groups excluding tert-OH is 1. The molecule has 0 aliphatic heterocycles. The number of carbonyl (C=O) groups excluding carboxylic acids is 1. The van der Waals surface area contributed by atoms with E-state index in [2.05, 4.69) is 0 Å². The number of amides is 1. The summed E-state index contributed by atoms with van der Waals surface area (Å²) in [6, 6.07) is 4.08. The third-order valence-electron chi connectivity index (χ3n) is 4.37. The van der Waals surface area contributed by atoms with E-state index in [1.807, 2.05) is 0 Å². The predicted molar refractivity (Wildman–Crippen MR) is 85.9 cm³/mol. The maximum Gasteiger partial charge on any atom is 0.416 e. The Kier molecular flexibility index (Phi) is 6.29. The second-order valence-electron chi connectivity index (χ2n) is 6.41. The Balaban J connectivity index is 1.80. The van der Waals surface area contributed by atoms with E-state index in [-0.39, 0.29) is 36.8 Å². The standard InChI is InChI=1S/C17H23F3N2O3/c1-22(16(24)14-3-2-4-15(14)21)9-12(23)10-25-13-7-5-11(6-8-13)17(18,19)20/h5-8,12,14-15,23H,2-4,9-10,21H2,1H3/t12-,14+,15+/m0/s1. The average molecular weight is 360 g/mol. The van der Waals surface area contributed by atoms with Crippen LogP contribution in [0, 0.1) is 5.92 Å². The highest BCUT2D eigenvalue weighted by molar-refractivity contribution is 5.79. The number of aliphatic hydroxyl groups is 1. The van der Waals surface area contributed by atoms with Crippen LogP contribution < -0.4 is 10.5 Å². The van der Waals surface area contributed by atoms with Crippen molar-refractivity contribution in [1.29, 1.82) is 0 Å². The molecule has 5 nitrogen and oxygen atoms in total. The van der Waals surface area contributed by atoms with Gasteiger partial charge in [0.15, 0.2) is 0 Å². The van der Waals surface area contributed by atoms with Gasteiger partial charge in [0.2, 0.25) is 5.91 Å². The van der Waals surface area contributed by atoms with Gasteiger partial charge in [-0.2, -0.15) is 13.2 Å². The molecule has 1 aliphatic rings. The minimum absolute atomic E-state index is 0.0721. The number of halogens is 3. The third-order valence-corrected chi connectivity index (χ3v) is 4.37. The van der Waals surface area contributed by atoms with Crippen molar-refractivity contribution in [3.05, 3.63) is 29.8 Å². The van der Waals surface area contributed by atoms with Gasteiger partial charge in [-0.05, 0) is 37.1 Å². The molecule has 8 heteroatoms. The van der Waals surface area contributed by atoms with Crippen molar-refractivity contribution < 1.29 is 27.8 Å². The molecular weight excluding hydrogens is 337 g/mol. The Labute approximate surface area is 144 Å². The number of hydrogen-bond donors (Lipinski definition) is 2. The molecule has 0 bridgehead atoms. The first-order chi connectivity index (χ1) is 11.7. The third kappa shape index (κ3) is 5.34. The summed E-state index contributed by atoms with van der Waals surface area (Å²) in [5.41, 5.74) is 5.15. The molecule has 1 amide bonds. The van der Waals surface area contributed by atoms with Crippen LogP contribution in [0.2, 0.25) is 0 Å². The SMILES string of the molecule is CN(C[C@H](O)COc1ccc(C(F)(F)F)cc1)C(=O)[C@@H]1CCC[C@H]1N. The zero-order chi connectivity index (χ0) is 18.6. The number of benzene rings is 1. The number of nitrogens with zero attached hydrogens (tertiary/aromatic N) is 1. The maximum absolute atomic E-state index is 12.5. The molecule has 140 valence electrons. The molecule has 1 fully saturated rings.